The number of sulfonamides is 2. The van der Waals surface area contributed by atoms with Crippen LogP contribution in [-0.2, 0) is 24.8 Å². The Labute approximate surface area is 220 Å². The number of benzene rings is 3. The van der Waals surface area contributed by atoms with Gasteiger partial charge in [0.05, 0.1) is 23.2 Å². The second kappa shape index (κ2) is 11.1. The van der Waals surface area contributed by atoms with Gasteiger partial charge in [-0.1, -0.05) is 6.07 Å². The maximum atomic E-state index is 12.7. The first-order valence-corrected chi connectivity index (χ1v) is 14.3. The first kappa shape index (κ1) is 28.4. The number of nitro groups is 1. The Morgan fingerprint density at radius 3 is 2.13 bits per heavy atom. The van der Waals surface area contributed by atoms with E-state index in [2.05, 4.69) is 10.0 Å². The van der Waals surface area contributed by atoms with Crippen LogP contribution in [0.25, 0.3) is 0 Å². The number of hydrogen-bond acceptors (Lipinski definition) is 8. The van der Waals surface area contributed by atoms with Crippen molar-refractivity contribution < 1.29 is 31.3 Å². The van der Waals surface area contributed by atoms with Crippen molar-refractivity contribution >= 4 is 48.7 Å². The van der Waals surface area contributed by atoms with Crippen LogP contribution in [0.2, 0.25) is 0 Å². The van der Waals surface area contributed by atoms with E-state index in [4.69, 9.17) is 4.74 Å². The van der Waals surface area contributed by atoms with Gasteiger partial charge in [-0.15, -0.1) is 0 Å². The molecule has 3 aromatic carbocycles. The average Bonchev–Trinajstić information content (AvgIpc) is 2.84. The Hall–Kier alpha value is -4.17. The minimum atomic E-state index is -4.06. The predicted molar refractivity (Wildman–Crippen MR) is 144 cm³/mol. The van der Waals surface area contributed by atoms with Gasteiger partial charge in [-0.05, 0) is 67.4 Å². The van der Waals surface area contributed by atoms with Crippen LogP contribution < -0.4 is 19.1 Å². The second-order valence-corrected chi connectivity index (χ2v) is 11.9. The van der Waals surface area contributed by atoms with Gasteiger partial charge < -0.3 is 10.1 Å². The molecule has 0 unspecified atom stereocenters. The number of hydrogen-bond donors (Lipinski definition) is 2. The quantitative estimate of drug-likeness (QED) is 0.280. The molecule has 0 atom stereocenters. The minimum Gasteiger partial charge on any atom is -0.495 e. The maximum absolute atomic E-state index is 12.7. The van der Waals surface area contributed by atoms with Crippen LogP contribution in [0.4, 0.5) is 22.7 Å². The SMILES string of the molecule is COc1ccc([N+](=O)[O-])cc1N(CC(=O)Nc1ccc(S(=O)(=O)Nc2ccc(C)c(C)c2)cc1)S(C)(=O)=O. The van der Waals surface area contributed by atoms with Crippen LogP contribution in [0.5, 0.6) is 5.75 Å². The van der Waals surface area contributed by atoms with E-state index in [9.17, 15) is 31.7 Å². The summed E-state index contributed by atoms with van der Waals surface area (Å²) in [6.45, 7) is 3.06. The standard InChI is InChI=1S/C24H26N4O8S2/c1-16-5-6-19(13-17(16)2)26-38(34,35)21-10-7-18(8-11-21)25-24(29)15-27(37(4,32)33)22-14-20(28(30)31)9-12-23(22)36-3/h5-14,26H,15H2,1-4H3,(H,25,29). The molecule has 0 aliphatic carbocycles. The lowest BCUT2D eigenvalue weighted by molar-refractivity contribution is -0.384. The molecule has 0 aliphatic rings. The van der Waals surface area contributed by atoms with E-state index >= 15 is 0 Å². The third-order valence-electron chi connectivity index (χ3n) is 5.54. The Balaban J connectivity index is 1.78. The molecule has 38 heavy (non-hydrogen) atoms. The van der Waals surface area contributed by atoms with Gasteiger partial charge >= 0.3 is 0 Å². The predicted octanol–water partition coefficient (Wildman–Crippen LogP) is 3.43. The first-order chi connectivity index (χ1) is 17.7. The monoisotopic (exact) mass is 562 g/mol. The molecule has 0 radical (unpaired) electrons. The van der Waals surface area contributed by atoms with Crippen molar-refractivity contribution in [1.29, 1.82) is 0 Å². The third kappa shape index (κ3) is 6.77. The van der Waals surface area contributed by atoms with Gasteiger partial charge in [-0.2, -0.15) is 0 Å². The number of ether oxygens (including phenoxy) is 1. The molecular formula is C24H26N4O8S2. The van der Waals surface area contributed by atoms with Crippen LogP contribution in [0.1, 0.15) is 11.1 Å². The Kier molecular flexibility index (Phi) is 8.27. The fourth-order valence-electron chi connectivity index (χ4n) is 3.44. The highest BCUT2D eigenvalue weighted by atomic mass is 32.2. The highest BCUT2D eigenvalue weighted by molar-refractivity contribution is 7.92. The van der Waals surface area contributed by atoms with Crippen LogP contribution in [0.15, 0.2) is 65.6 Å². The van der Waals surface area contributed by atoms with Crippen molar-refractivity contribution in [2.24, 2.45) is 0 Å². The third-order valence-corrected chi connectivity index (χ3v) is 8.06. The molecule has 3 aromatic rings. The number of methoxy groups -OCH3 is 1. The van der Waals surface area contributed by atoms with Crippen LogP contribution in [-0.4, -0.2) is 47.6 Å². The van der Waals surface area contributed by atoms with E-state index < -0.39 is 37.4 Å². The van der Waals surface area contributed by atoms with Gasteiger partial charge in [-0.25, -0.2) is 16.8 Å². The molecule has 0 fully saturated rings. The highest BCUT2D eigenvalue weighted by Gasteiger charge is 2.26. The van der Waals surface area contributed by atoms with Gasteiger partial charge in [-0.3, -0.25) is 23.9 Å². The lowest BCUT2D eigenvalue weighted by Crippen LogP contribution is -2.37. The number of carbonyl (C=O) groups excluding carboxylic acids is 1. The zero-order valence-corrected chi connectivity index (χ0v) is 22.6. The van der Waals surface area contributed by atoms with Gasteiger partial charge in [0, 0.05) is 23.5 Å². The molecule has 0 bridgehead atoms. The molecule has 202 valence electrons. The van der Waals surface area contributed by atoms with Gasteiger partial charge in [0.15, 0.2) is 0 Å². The normalized spacial score (nSPS) is 11.5. The number of nitrogens with zero attached hydrogens (tertiary/aromatic N) is 2. The van der Waals surface area contributed by atoms with E-state index in [1.54, 1.807) is 18.2 Å². The summed E-state index contributed by atoms with van der Waals surface area (Å²) >= 11 is 0. The van der Waals surface area contributed by atoms with Crippen LogP contribution in [0.3, 0.4) is 0 Å². The van der Waals surface area contributed by atoms with Crippen molar-refractivity contribution in [2.45, 2.75) is 18.7 Å². The van der Waals surface area contributed by atoms with Crippen molar-refractivity contribution in [2.75, 3.05) is 34.3 Å². The van der Waals surface area contributed by atoms with Crippen molar-refractivity contribution in [3.63, 3.8) is 0 Å². The Morgan fingerprint density at radius 1 is 0.947 bits per heavy atom. The molecule has 3 rings (SSSR count). The smallest absolute Gasteiger partial charge is 0.271 e. The number of carbonyl (C=O) groups is 1. The van der Waals surface area contributed by atoms with Gasteiger partial charge in [0.2, 0.25) is 15.9 Å². The maximum Gasteiger partial charge on any atom is 0.271 e. The average molecular weight is 563 g/mol. The van der Waals surface area contributed by atoms with Crippen molar-refractivity contribution in [3.8, 4) is 5.75 Å². The molecule has 0 saturated heterocycles. The Morgan fingerprint density at radius 2 is 1.58 bits per heavy atom. The lowest BCUT2D eigenvalue weighted by atomic mass is 10.1. The van der Waals surface area contributed by atoms with Crippen molar-refractivity contribution in [1.82, 2.24) is 0 Å². The zero-order chi connectivity index (χ0) is 28.3. The number of rotatable bonds is 10. The minimum absolute atomic E-state index is 0.0136. The lowest BCUT2D eigenvalue weighted by Gasteiger charge is -2.23. The highest BCUT2D eigenvalue weighted by Crippen LogP contribution is 2.33. The molecule has 0 saturated carbocycles. The van der Waals surface area contributed by atoms with E-state index in [0.29, 0.717) is 9.99 Å². The molecule has 12 nitrogen and oxygen atoms in total. The number of aryl methyl sites for hydroxylation is 2. The second-order valence-electron chi connectivity index (χ2n) is 8.36. The fraction of sp³-hybridized carbons (Fsp3) is 0.208. The molecule has 0 aliphatic heterocycles. The topological polar surface area (TPSA) is 165 Å². The van der Waals surface area contributed by atoms with Crippen LogP contribution in [0, 0.1) is 24.0 Å². The molecular weight excluding hydrogens is 536 g/mol. The van der Waals surface area contributed by atoms with E-state index in [-0.39, 0.29) is 27.7 Å². The Bertz CT molecular complexity index is 1590. The summed E-state index contributed by atoms with van der Waals surface area (Å²) in [5.74, 6) is -0.757. The molecule has 0 heterocycles. The van der Waals surface area contributed by atoms with Crippen molar-refractivity contribution in [3.05, 3.63) is 81.9 Å². The fourth-order valence-corrected chi connectivity index (χ4v) is 5.34. The number of nitrogens with one attached hydrogen (secondary N) is 2. The van der Waals surface area contributed by atoms with Crippen LogP contribution >= 0.6 is 0 Å². The summed E-state index contributed by atoms with van der Waals surface area (Å²) in [6, 6.07) is 13.8. The molecule has 0 aromatic heterocycles. The van der Waals surface area contributed by atoms with Gasteiger partial charge in [0.1, 0.15) is 18.0 Å². The summed E-state index contributed by atoms with van der Waals surface area (Å²) in [7, 11) is -6.70. The van der Waals surface area contributed by atoms with Gasteiger partial charge in [0.25, 0.3) is 15.7 Å². The summed E-state index contributed by atoms with van der Waals surface area (Å²) in [6.07, 6.45) is 0.848. The summed E-state index contributed by atoms with van der Waals surface area (Å²) in [5, 5.41) is 13.7. The number of amides is 1. The number of nitro benzene ring substituents is 1. The number of anilines is 3. The van der Waals surface area contributed by atoms with E-state index in [1.807, 2.05) is 13.8 Å². The molecule has 2 N–H and O–H groups in total. The summed E-state index contributed by atoms with van der Waals surface area (Å²) < 4.78 is 58.7. The molecule has 0 spiro atoms. The molecule has 14 heteroatoms. The summed E-state index contributed by atoms with van der Waals surface area (Å²) in [4.78, 5) is 23.2. The largest absolute Gasteiger partial charge is 0.495 e. The van der Waals surface area contributed by atoms with E-state index in [1.165, 1.54) is 37.4 Å². The number of non-ortho nitro benzene ring substituents is 1. The molecule has 1 amide bonds. The zero-order valence-electron chi connectivity index (χ0n) is 21.0. The van der Waals surface area contributed by atoms with E-state index in [0.717, 1.165) is 29.5 Å². The first-order valence-electron chi connectivity index (χ1n) is 11.0. The summed E-state index contributed by atoms with van der Waals surface area (Å²) in [5.41, 5.74) is 1.99.